The van der Waals surface area contributed by atoms with Gasteiger partial charge in [-0.15, -0.1) is 0 Å². The van der Waals surface area contributed by atoms with Crippen molar-refractivity contribution >= 4 is 12.1 Å². The van der Waals surface area contributed by atoms with E-state index in [2.05, 4.69) is 0 Å². The Hall–Kier alpha value is -1.64. The molecule has 2 rings (SSSR count). The highest BCUT2D eigenvalue weighted by Gasteiger charge is 2.34. The normalized spacial score (nSPS) is 21.0. The van der Waals surface area contributed by atoms with Crippen molar-refractivity contribution in [3.63, 3.8) is 0 Å². The average molecular weight is 302 g/mol. The monoisotopic (exact) mass is 302 g/mol. The molecule has 0 heterocycles. The van der Waals surface area contributed by atoms with Crippen LogP contribution in [-0.2, 0) is 9.59 Å². The van der Waals surface area contributed by atoms with Crippen LogP contribution < -0.4 is 4.74 Å². The largest absolute Gasteiger partial charge is 0.493 e. The molecular formula is C19H26O3. The Bertz CT molecular complexity index is 455. The number of Topliss-reactive ketones (excluding diaryl/α,β-unsaturated/α-hetero) is 1. The van der Waals surface area contributed by atoms with Gasteiger partial charge < -0.3 is 9.53 Å². The van der Waals surface area contributed by atoms with Gasteiger partial charge in [0.1, 0.15) is 17.8 Å². The van der Waals surface area contributed by atoms with Crippen molar-refractivity contribution < 1.29 is 14.3 Å². The van der Waals surface area contributed by atoms with Crippen molar-refractivity contribution in [1.82, 2.24) is 0 Å². The molecule has 0 N–H and O–H groups in total. The number of rotatable bonds is 10. The number of carbonyl (C=O) groups is 2. The molecule has 2 atom stereocenters. The summed E-state index contributed by atoms with van der Waals surface area (Å²) in [6.07, 6.45) is 8.55. The molecule has 3 heteroatoms. The van der Waals surface area contributed by atoms with Crippen molar-refractivity contribution in [1.29, 1.82) is 0 Å². The molecule has 1 aromatic carbocycles. The lowest BCUT2D eigenvalue weighted by atomic mass is 9.90. The van der Waals surface area contributed by atoms with Crippen LogP contribution in [0.5, 0.6) is 5.75 Å². The van der Waals surface area contributed by atoms with E-state index < -0.39 is 0 Å². The lowest BCUT2D eigenvalue weighted by molar-refractivity contribution is -0.121. The molecule has 3 nitrogen and oxygen atoms in total. The minimum absolute atomic E-state index is 0.176. The quantitative estimate of drug-likeness (QED) is 0.480. The van der Waals surface area contributed by atoms with Gasteiger partial charge >= 0.3 is 0 Å². The maximum absolute atomic E-state index is 12.1. The molecule has 0 spiro atoms. The van der Waals surface area contributed by atoms with E-state index in [0.717, 1.165) is 50.6 Å². The van der Waals surface area contributed by atoms with Crippen molar-refractivity contribution in [2.75, 3.05) is 6.61 Å². The van der Waals surface area contributed by atoms with Gasteiger partial charge in [-0.3, -0.25) is 4.79 Å². The predicted molar refractivity (Wildman–Crippen MR) is 86.9 cm³/mol. The van der Waals surface area contributed by atoms with Gasteiger partial charge in [0.2, 0.25) is 0 Å². The highest BCUT2D eigenvalue weighted by atomic mass is 16.5. The van der Waals surface area contributed by atoms with Gasteiger partial charge in [-0.2, -0.15) is 0 Å². The lowest BCUT2D eigenvalue weighted by Gasteiger charge is -2.19. The minimum atomic E-state index is 0.176. The summed E-state index contributed by atoms with van der Waals surface area (Å²) < 4.78 is 5.84. The second kappa shape index (κ2) is 9.39. The zero-order valence-electron chi connectivity index (χ0n) is 13.2. The van der Waals surface area contributed by atoms with Crippen molar-refractivity contribution in [3.8, 4) is 5.75 Å². The van der Waals surface area contributed by atoms with E-state index >= 15 is 0 Å². The minimum Gasteiger partial charge on any atom is -0.493 e. The molecular weight excluding hydrogens is 276 g/mol. The fourth-order valence-corrected chi connectivity index (χ4v) is 3.24. The number of hydrogen-bond donors (Lipinski definition) is 0. The van der Waals surface area contributed by atoms with Gasteiger partial charge in [-0.1, -0.05) is 37.5 Å². The van der Waals surface area contributed by atoms with Crippen molar-refractivity contribution in [2.24, 2.45) is 11.8 Å². The Morgan fingerprint density at radius 3 is 2.64 bits per heavy atom. The first kappa shape index (κ1) is 16.7. The number of benzene rings is 1. The highest BCUT2D eigenvalue weighted by molar-refractivity contribution is 5.83. The fraction of sp³-hybridized carbons (Fsp3) is 0.579. The zero-order chi connectivity index (χ0) is 15.6. The summed E-state index contributed by atoms with van der Waals surface area (Å²) in [6.45, 7) is 0.644. The number of hydrogen-bond acceptors (Lipinski definition) is 3. The summed E-state index contributed by atoms with van der Waals surface area (Å²) in [4.78, 5) is 22.3. The van der Waals surface area contributed by atoms with Crippen LogP contribution in [-0.4, -0.2) is 18.7 Å². The number of unbranched alkanes of at least 4 members (excludes halogenated alkanes) is 4. The van der Waals surface area contributed by atoms with Crippen LogP contribution in [0.2, 0.25) is 0 Å². The number of ether oxygens (including phenoxy) is 1. The van der Waals surface area contributed by atoms with E-state index in [9.17, 15) is 9.59 Å². The molecule has 0 amide bonds. The molecule has 22 heavy (non-hydrogen) atoms. The first-order chi connectivity index (χ1) is 10.8. The summed E-state index contributed by atoms with van der Waals surface area (Å²) in [5.74, 6) is 1.83. The van der Waals surface area contributed by atoms with Gasteiger partial charge in [0.25, 0.3) is 0 Å². The van der Waals surface area contributed by atoms with Gasteiger partial charge in [-0.25, -0.2) is 0 Å². The summed E-state index contributed by atoms with van der Waals surface area (Å²) in [5, 5.41) is 0. The Morgan fingerprint density at radius 2 is 1.86 bits per heavy atom. The summed E-state index contributed by atoms with van der Waals surface area (Å²) in [6, 6.07) is 9.81. The van der Waals surface area contributed by atoms with Crippen LogP contribution >= 0.6 is 0 Å². The van der Waals surface area contributed by atoms with Gasteiger partial charge in [-0.05, 0) is 31.4 Å². The molecule has 0 aromatic heterocycles. The predicted octanol–water partition coefficient (Wildman–Crippen LogP) is 4.20. The molecule has 0 unspecified atom stereocenters. The standard InChI is InChI=1S/C19H26O3/c20-14-8-3-1-2-7-11-18-16(12-13-19(18)21)15-22-17-9-5-4-6-10-17/h4-6,9-10,14,16,18H,1-3,7-8,11-13,15H2/t16-,18-/m1/s1. The Balaban J connectivity index is 1.71. The molecule has 1 aliphatic rings. The van der Waals surface area contributed by atoms with Crippen LogP contribution in [0.4, 0.5) is 0 Å². The summed E-state index contributed by atoms with van der Waals surface area (Å²) >= 11 is 0. The molecule has 0 radical (unpaired) electrons. The molecule has 1 aliphatic carbocycles. The molecule has 0 bridgehead atoms. The van der Waals surface area contributed by atoms with Gasteiger partial charge in [0.05, 0.1) is 6.61 Å². The number of aldehydes is 1. The second-order valence-corrected chi connectivity index (χ2v) is 6.15. The maximum Gasteiger partial charge on any atom is 0.136 e. The summed E-state index contributed by atoms with van der Waals surface area (Å²) in [7, 11) is 0. The first-order valence-electron chi connectivity index (χ1n) is 8.45. The molecule has 1 aromatic rings. The van der Waals surface area contributed by atoms with Crippen molar-refractivity contribution in [3.05, 3.63) is 30.3 Å². The molecule has 0 aliphatic heterocycles. The Kier molecular flexibility index (Phi) is 7.14. The van der Waals surface area contributed by atoms with Crippen LogP contribution in [0, 0.1) is 11.8 Å². The van der Waals surface area contributed by atoms with E-state index in [1.54, 1.807) is 0 Å². The van der Waals surface area contributed by atoms with E-state index in [-0.39, 0.29) is 5.92 Å². The van der Waals surface area contributed by atoms with Crippen LogP contribution in [0.1, 0.15) is 51.4 Å². The average Bonchev–Trinajstić information content (AvgIpc) is 2.90. The second-order valence-electron chi connectivity index (χ2n) is 6.15. The third-order valence-corrected chi connectivity index (χ3v) is 4.54. The third kappa shape index (κ3) is 5.28. The summed E-state index contributed by atoms with van der Waals surface area (Å²) in [5.41, 5.74) is 0. The van der Waals surface area contributed by atoms with E-state index in [1.807, 2.05) is 30.3 Å². The van der Waals surface area contributed by atoms with E-state index in [1.165, 1.54) is 0 Å². The SMILES string of the molecule is O=CCCCCCC[C@H]1C(=O)CC[C@@H]1COc1ccccc1. The van der Waals surface area contributed by atoms with E-state index in [4.69, 9.17) is 4.74 Å². The Labute approximate surface area is 133 Å². The fourth-order valence-electron chi connectivity index (χ4n) is 3.24. The Morgan fingerprint density at radius 1 is 1.09 bits per heavy atom. The van der Waals surface area contributed by atoms with Gasteiger partial charge in [0.15, 0.2) is 0 Å². The molecule has 0 saturated heterocycles. The van der Waals surface area contributed by atoms with Crippen LogP contribution in [0.25, 0.3) is 0 Å². The molecule has 120 valence electrons. The maximum atomic E-state index is 12.1. The zero-order valence-corrected chi connectivity index (χ0v) is 13.2. The van der Waals surface area contributed by atoms with E-state index in [0.29, 0.717) is 31.1 Å². The highest BCUT2D eigenvalue weighted by Crippen LogP contribution is 2.33. The third-order valence-electron chi connectivity index (χ3n) is 4.54. The smallest absolute Gasteiger partial charge is 0.136 e. The lowest BCUT2D eigenvalue weighted by Crippen LogP contribution is -2.20. The number of para-hydroxylation sites is 1. The van der Waals surface area contributed by atoms with Crippen molar-refractivity contribution in [2.45, 2.75) is 51.4 Å². The number of ketones is 1. The molecule has 1 saturated carbocycles. The van der Waals surface area contributed by atoms with Crippen LogP contribution in [0.3, 0.4) is 0 Å². The number of carbonyl (C=O) groups excluding carboxylic acids is 2. The molecule has 1 fully saturated rings. The first-order valence-corrected chi connectivity index (χ1v) is 8.45. The topological polar surface area (TPSA) is 43.4 Å². The van der Waals surface area contributed by atoms with Crippen LogP contribution in [0.15, 0.2) is 30.3 Å². The van der Waals surface area contributed by atoms with Gasteiger partial charge in [0, 0.05) is 24.7 Å².